The van der Waals surface area contributed by atoms with E-state index in [-0.39, 0.29) is 6.42 Å². The Morgan fingerprint density at radius 2 is 1.43 bits per heavy atom. The molecule has 9 nitrogen and oxygen atoms in total. The molecule has 4 N–H and O–H groups in total. The number of nitrogens with one attached hydrogen (secondary N) is 2. The van der Waals surface area contributed by atoms with E-state index in [4.69, 9.17) is 15.2 Å². The van der Waals surface area contributed by atoms with Gasteiger partial charge in [-0.25, -0.2) is 0 Å². The molecule has 1 heterocycles. The third-order valence-electron chi connectivity index (χ3n) is 5.34. The number of Topliss-reactive ketones (excluding diaryl/α,β-unsaturated/α-hetero) is 1. The van der Waals surface area contributed by atoms with E-state index in [0.29, 0.717) is 47.2 Å². The predicted molar refractivity (Wildman–Crippen MR) is 129 cm³/mol. The van der Waals surface area contributed by atoms with Gasteiger partial charge >= 0.3 is 0 Å². The fraction of sp³-hybridized carbons (Fsp3) is 0.154. The fourth-order valence-corrected chi connectivity index (χ4v) is 3.57. The number of ketones is 1. The molecule has 0 radical (unpaired) electrons. The van der Waals surface area contributed by atoms with Gasteiger partial charge in [-0.1, -0.05) is 30.3 Å². The number of carbonyl (C=O) groups is 4. The second-order valence-corrected chi connectivity index (χ2v) is 7.82. The summed E-state index contributed by atoms with van der Waals surface area (Å²) in [6.45, 7) is 0.826. The van der Waals surface area contributed by atoms with Crippen LogP contribution in [-0.4, -0.2) is 36.7 Å². The Morgan fingerprint density at radius 1 is 0.771 bits per heavy atom. The van der Waals surface area contributed by atoms with Gasteiger partial charge in [0.05, 0.1) is 0 Å². The number of rotatable bonds is 8. The van der Waals surface area contributed by atoms with Crippen molar-refractivity contribution in [1.29, 1.82) is 0 Å². The minimum Gasteiger partial charge on any atom is -0.486 e. The summed E-state index contributed by atoms with van der Waals surface area (Å²) >= 11 is 0. The molecular formula is C26H23N3O6. The van der Waals surface area contributed by atoms with Crippen molar-refractivity contribution in [1.82, 2.24) is 0 Å². The number of primary amides is 1. The average molecular weight is 473 g/mol. The summed E-state index contributed by atoms with van der Waals surface area (Å²) in [4.78, 5) is 50.3. The summed E-state index contributed by atoms with van der Waals surface area (Å²) in [5.74, 6) is -2.48. The maximum atomic E-state index is 13.2. The smallest absolute Gasteiger partial charge is 0.248 e. The lowest BCUT2D eigenvalue weighted by Crippen LogP contribution is -2.33. The lowest BCUT2D eigenvalue weighted by atomic mass is 9.93. The zero-order chi connectivity index (χ0) is 24.8. The van der Waals surface area contributed by atoms with Crippen LogP contribution in [0.4, 0.5) is 11.4 Å². The van der Waals surface area contributed by atoms with E-state index in [9.17, 15) is 19.2 Å². The highest BCUT2D eigenvalue weighted by molar-refractivity contribution is 6.16. The molecule has 0 fully saturated rings. The van der Waals surface area contributed by atoms with Crippen LogP contribution in [-0.2, 0) is 9.59 Å². The second-order valence-electron chi connectivity index (χ2n) is 7.82. The molecule has 1 aliphatic heterocycles. The van der Waals surface area contributed by atoms with E-state index < -0.39 is 29.4 Å². The fourth-order valence-electron chi connectivity index (χ4n) is 3.57. The molecule has 3 aromatic rings. The first-order valence-corrected chi connectivity index (χ1v) is 10.9. The number of ether oxygens (including phenoxy) is 2. The van der Waals surface area contributed by atoms with E-state index in [2.05, 4.69) is 10.6 Å². The molecule has 0 unspecified atom stereocenters. The lowest BCUT2D eigenvalue weighted by molar-refractivity contribution is -0.123. The van der Waals surface area contributed by atoms with Crippen molar-refractivity contribution < 1.29 is 28.7 Å². The number of hydrogen-bond acceptors (Lipinski definition) is 6. The Bertz CT molecular complexity index is 1260. The van der Waals surface area contributed by atoms with Gasteiger partial charge in [-0.05, 0) is 36.4 Å². The third kappa shape index (κ3) is 5.83. The highest BCUT2D eigenvalue weighted by Gasteiger charge is 2.30. The van der Waals surface area contributed by atoms with Crippen molar-refractivity contribution in [2.24, 2.45) is 11.7 Å². The summed E-state index contributed by atoms with van der Waals surface area (Å²) in [5, 5.41) is 5.35. The topological polar surface area (TPSA) is 137 Å². The van der Waals surface area contributed by atoms with Crippen LogP contribution in [0.1, 0.15) is 27.1 Å². The Morgan fingerprint density at radius 3 is 2.11 bits per heavy atom. The first kappa shape index (κ1) is 23.5. The van der Waals surface area contributed by atoms with Crippen LogP contribution in [0.15, 0.2) is 72.8 Å². The van der Waals surface area contributed by atoms with Crippen molar-refractivity contribution in [3.05, 3.63) is 83.9 Å². The highest BCUT2D eigenvalue weighted by Crippen LogP contribution is 2.33. The molecule has 0 aromatic heterocycles. The van der Waals surface area contributed by atoms with Gasteiger partial charge in [-0.2, -0.15) is 0 Å². The number of anilines is 2. The molecule has 0 bridgehead atoms. The average Bonchev–Trinajstić information content (AvgIpc) is 2.87. The number of hydrogen-bond donors (Lipinski definition) is 3. The van der Waals surface area contributed by atoms with Gasteiger partial charge in [0.15, 0.2) is 17.3 Å². The van der Waals surface area contributed by atoms with Gasteiger partial charge in [-0.3, -0.25) is 19.2 Å². The highest BCUT2D eigenvalue weighted by atomic mass is 16.6. The SMILES string of the molecule is NC(=O)c1ccc(NC(=O)C[C@@H](C(=O)Nc2ccc3c(c2)OCCO3)C(=O)c2ccccc2)cc1. The summed E-state index contributed by atoms with van der Waals surface area (Å²) < 4.78 is 11.0. The van der Waals surface area contributed by atoms with Crippen molar-refractivity contribution in [2.75, 3.05) is 23.8 Å². The maximum absolute atomic E-state index is 13.2. The van der Waals surface area contributed by atoms with Crippen molar-refractivity contribution in [3.8, 4) is 11.5 Å². The number of carbonyl (C=O) groups excluding carboxylic acids is 4. The Balaban J connectivity index is 1.51. The molecule has 1 aliphatic rings. The van der Waals surface area contributed by atoms with Gasteiger partial charge < -0.3 is 25.8 Å². The van der Waals surface area contributed by atoms with Crippen LogP contribution in [0.3, 0.4) is 0 Å². The van der Waals surface area contributed by atoms with Gasteiger partial charge in [0.1, 0.15) is 19.1 Å². The molecule has 1 atom stereocenters. The number of benzene rings is 3. The van der Waals surface area contributed by atoms with E-state index in [0.717, 1.165) is 0 Å². The first-order chi connectivity index (χ1) is 16.9. The Kier molecular flexibility index (Phi) is 7.06. The second kappa shape index (κ2) is 10.5. The standard InChI is InChI=1S/C26H23N3O6/c27-25(32)17-6-8-18(9-7-17)28-23(30)15-20(24(31)16-4-2-1-3-5-16)26(33)29-19-10-11-21-22(14-19)35-13-12-34-21/h1-11,14,20H,12-13,15H2,(H2,27,32)(H,28,30)(H,29,33)/t20-/m1/s1. The van der Waals surface area contributed by atoms with Crippen LogP contribution in [0.25, 0.3) is 0 Å². The molecule has 0 saturated carbocycles. The molecule has 3 amide bonds. The van der Waals surface area contributed by atoms with Crippen LogP contribution in [0, 0.1) is 5.92 Å². The zero-order valence-electron chi connectivity index (χ0n) is 18.7. The van der Waals surface area contributed by atoms with Crippen molar-refractivity contribution >= 4 is 34.9 Å². The molecule has 9 heteroatoms. The van der Waals surface area contributed by atoms with Gasteiger partial charge in [0.2, 0.25) is 17.7 Å². The van der Waals surface area contributed by atoms with E-state index in [1.165, 1.54) is 24.3 Å². The van der Waals surface area contributed by atoms with E-state index in [1.807, 2.05) is 0 Å². The van der Waals surface area contributed by atoms with E-state index in [1.54, 1.807) is 48.5 Å². The van der Waals surface area contributed by atoms with Crippen molar-refractivity contribution in [3.63, 3.8) is 0 Å². The molecule has 4 rings (SSSR count). The van der Waals surface area contributed by atoms with Crippen molar-refractivity contribution in [2.45, 2.75) is 6.42 Å². The molecule has 35 heavy (non-hydrogen) atoms. The zero-order valence-corrected chi connectivity index (χ0v) is 18.7. The first-order valence-electron chi connectivity index (χ1n) is 10.9. The van der Waals surface area contributed by atoms with Crippen LogP contribution in [0.2, 0.25) is 0 Å². The third-order valence-corrected chi connectivity index (χ3v) is 5.34. The Hall–Kier alpha value is -4.66. The molecule has 3 aromatic carbocycles. The largest absolute Gasteiger partial charge is 0.486 e. The van der Waals surface area contributed by atoms with Gasteiger partial charge in [0.25, 0.3) is 0 Å². The van der Waals surface area contributed by atoms with Gasteiger partial charge in [0, 0.05) is 35.0 Å². The number of amides is 3. The minimum absolute atomic E-state index is 0.291. The number of nitrogens with two attached hydrogens (primary N) is 1. The van der Waals surface area contributed by atoms with Gasteiger partial charge in [-0.15, -0.1) is 0 Å². The summed E-state index contributed by atoms with van der Waals surface area (Å²) in [7, 11) is 0. The van der Waals surface area contributed by atoms with Crippen LogP contribution < -0.4 is 25.8 Å². The van der Waals surface area contributed by atoms with Crippen LogP contribution >= 0.6 is 0 Å². The molecule has 0 saturated heterocycles. The molecule has 0 aliphatic carbocycles. The van der Waals surface area contributed by atoms with Crippen LogP contribution in [0.5, 0.6) is 11.5 Å². The maximum Gasteiger partial charge on any atom is 0.248 e. The predicted octanol–water partition coefficient (Wildman–Crippen LogP) is 3.02. The summed E-state index contributed by atoms with van der Waals surface area (Å²) in [6.07, 6.45) is -0.387. The summed E-state index contributed by atoms with van der Waals surface area (Å²) in [5.41, 5.74) is 6.65. The normalized spacial score (nSPS) is 12.8. The molecule has 178 valence electrons. The quantitative estimate of drug-likeness (QED) is 0.340. The summed E-state index contributed by atoms with van der Waals surface area (Å²) in [6, 6.07) is 19.2. The minimum atomic E-state index is -1.28. The number of fused-ring (bicyclic) bond motifs is 1. The lowest BCUT2D eigenvalue weighted by Gasteiger charge is -2.20. The molecular weight excluding hydrogens is 450 g/mol. The Labute approximate surface area is 201 Å². The monoisotopic (exact) mass is 473 g/mol. The van der Waals surface area contributed by atoms with E-state index >= 15 is 0 Å². The molecule has 0 spiro atoms.